The third kappa shape index (κ3) is 3.71. The van der Waals surface area contributed by atoms with E-state index in [1.165, 1.54) is 12.1 Å². The molecule has 1 aromatic carbocycles. The highest BCUT2D eigenvalue weighted by atomic mass is 32.2. The molecule has 1 aliphatic carbocycles. The Bertz CT molecular complexity index is 744. The van der Waals surface area contributed by atoms with Gasteiger partial charge in [-0.05, 0) is 50.3 Å². The Morgan fingerprint density at radius 3 is 2.57 bits per heavy atom. The van der Waals surface area contributed by atoms with E-state index in [1.54, 1.807) is 19.9 Å². The molecule has 1 amide bonds. The molecule has 7 heteroatoms. The van der Waals surface area contributed by atoms with Crippen molar-refractivity contribution >= 4 is 15.9 Å². The van der Waals surface area contributed by atoms with Crippen LogP contribution < -0.4 is 10.0 Å². The van der Waals surface area contributed by atoms with Crippen LogP contribution in [0, 0.1) is 18.3 Å². The van der Waals surface area contributed by atoms with E-state index < -0.39 is 21.5 Å². The molecule has 0 bridgehead atoms. The highest BCUT2D eigenvalue weighted by Crippen LogP contribution is 2.29. The molecule has 0 aromatic heterocycles. The number of nitrogens with zero attached hydrogens (tertiary/aromatic N) is 1. The van der Waals surface area contributed by atoms with Gasteiger partial charge in [0.15, 0.2) is 0 Å². The van der Waals surface area contributed by atoms with Gasteiger partial charge in [0.2, 0.25) is 10.0 Å². The summed E-state index contributed by atoms with van der Waals surface area (Å²) in [5.74, 6) is -0.403. The van der Waals surface area contributed by atoms with Gasteiger partial charge in [-0.3, -0.25) is 4.79 Å². The van der Waals surface area contributed by atoms with Gasteiger partial charge < -0.3 is 5.32 Å². The summed E-state index contributed by atoms with van der Waals surface area (Å²) in [4.78, 5) is 12.6. The van der Waals surface area contributed by atoms with Crippen molar-refractivity contribution in [1.82, 2.24) is 10.0 Å². The summed E-state index contributed by atoms with van der Waals surface area (Å²) in [6, 6.07) is 6.64. The summed E-state index contributed by atoms with van der Waals surface area (Å²) in [5, 5.41) is 12.2. The van der Waals surface area contributed by atoms with Crippen molar-refractivity contribution in [2.75, 3.05) is 6.54 Å². The van der Waals surface area contributed by atoms with Gasteiger partial charge in [0.1, 0.15) is 5.54 Å². The summed E-state index contributed by atoms with van der Waals surface area (Å²) in [6.45, 7) is 3.71. The van der Waals surface area contributed by atoms with E-state index in [2.05, 4.69) is 16.1 Å². The van der Waals surface area contributed by atoms with Gasteiger partial charge in [0, 0.05) is 12.1 Å². The minimum Gasteiger partial charge on any atom is -0.334 e. The van der Waals surface area contributed by atoms with Crippen LogP contribution in [-0.4, -0.2) is 26.4 Å². The molecule has 1 aromatic rings. The summed E-state index contributed by atoms with van der Waals surface area (Å²) >= 11 is 0. The van der Waals surface area contributed by atoms with E-state index in [-0.39, 0.29) is 17.0 Å². The Morgan fingerprint density at radius 1 is 1.35 bits per heavy atom. The number of amides is 1. The first-order valence-corrected chi connectivity index (χ1v) is 9.16. The Morgan fingerprint density at radius 2 is 2.00 bits per heavy atom. The third-order valence-electron chi connectivity index (χ3n) is 4.12. The second kappa shape index (κ2) is 6.69. The van der Waals surface area contributed by atoms with E-state index in [1.807, 2.05) is 0 Å². The van der Waals surface area contributed by atoms with Crippen LogP contribution >= 0.6 is 0 Å². The van der Waals surface area contributed by atoms with E-state index in [0.717, 1.165) is 12.8 Å². The van der Waals surface area contributed by atoms with Gasteiger partial charge >= 0.3 is 0 Å². The third-order valence-corrected chi connectivity index (χ3v) is 5.67. The zero-order valence-electron chi connectivity index (χ0n) is 13.3. The summed E-state index contributed by atoms with van der Waals surface area (Å²) < 4.78 is 26.6. The van der Waals surface area contributed by atoms with Crippen LogP contribution in [0.4, 0.5) is 0 Å². The van der Waals surface area contributed by atoms with Crippen LogP contribution in [0.5, 0.6) is 0 Å². The lowest BCUT2D eigenvalue weighted by Crippen LogP contribution is -2.45. The van der Waals surface area contributed by atoms with Crippen molar-refractivity contribution in [3.05, 3.63) is 29.3 Å². The lowest BCUT2D eigenvalue weighted by molar-refractivity contribution is 0.0920. The summed E-state index contributed by atoms with van der Waals surface area (Å²) in [7, 11) is -3.63. The molecule has 0 saturated heterocycles. The minimum absolute atomic E-state index is 0.0486. The molecule has 23 heavy (non-hydrogen) atoms. The lowest BCUT2D eigenvalue weighted by atomic mass is 9.98. The Labute approximate surface area is 136 Å². The number of carbonyl (C=O) groups excluding carboxylic acids is 1. The van der Waals surface area contributed by atoms with Gasteiger partial charge in [0.25, 0.3) is 5.91 Å². The molecule has 0 heterocycles. The summed E-state index contributed by atoms with van der Waals surface area (Å²) in [6.07, 6.45) is 3.07. The van der Waals surface area contributed by atoms with Crippen molar-refractivity contribution in [1.29, 1.82) is 5.26 Å². The average molecular weight is 335 g/mol. The molecule has 1 saturated carbocycles. The van der Waals surface area contributed by atoms with Crippen LogP contribution in [-0.2, 0) is 10.0 Å². The SMILES string of the molecule is CCNS(=O)(=O)c1ccc(C)c(C(=O)NC2(C#N)CCCC2)c1. The molecule has 0 unspecified atom stereocenters. The number of carbonyl (C=O) groups is 1. The van der Waals surface area contributed by atoms with Crippen LogP contribution in [0.25, 0.3) is 0 Å². The monoisotopic (exact) mass is 335 g/mol. The van der Waals surface area contributed by atoms with Gasteiger partial charge in [-0.2, -0.15) is 5.26 Å². The maximum Gasteiger partial charge on any atom is 0.252 e. The predicted molar refractivity (Wildman–Crippen MR) is 86.3 cm³/mol. The molecule has 2 N–H and O–H groups in total. The fraction of sp³-hybridized carbons (Fsp3) is 0.500. The molecule has 124 valence electrons. The molecular formula is C16H21N3O3S. The molecule has 6 nitrogen and oxygen atoms in total. The fourth-order valence-corrected chi connectivity index (χ4v) is 3.88. The number of aryl methyl sites for hydroxylation is 1. The van der Waals surface area contributed by atoms with Crippen molar-refractivity contribution in [3.63, 3.8) is 0 Å². The second-order valence-corrected chi connectivity index (χ2v) is 7.60. The molecule has 1 fully saturated rings. The molecule has 1 aliphatic rings. The van der Waals surface area contributed by atoms with E-state index in [9.17, 15) is 18.5 Å². The maximum atomic E-state index is 12.5. The fourth-order valence-electron chi connectivity index (χ4n) is 2.81. The smallest absolute Gasteiger partial charge is 0.252 e. The van der Waals surface area contributed by atoms with Gasteiger partial charge in [-0.1, -0.05) is 13.0 Å². The van der Waals surface area contributed by atoms with Crippen LogP contribution in [0.2, 0.25) is 0 Å². The lowest BCUT2D eigenvalue weighted by Gasteiger charge is -2.22. The molecule has 0 spiro atoms. The number of rotatable bonds is 5. The topological polar surface area (TPSA) is 99.1 Å². The highest BCUT2D eigenvalue weighted by molar-refractivity contribution is 7.89. The molecule has 0 radical (unpaired) electrons. The molecule has 0 atom stereocenters. The quantitative estimate of drug-likeness (QED) is 0.858. The number of hydrogen-bond acceptors (Lipinski definition) is 4. The van der Waals surface area contributed by atoms with Crippen molar-refractivity contribution in [2.24, 2.45) is 0 Å². The standard InChI is InChI=1S/C16H21N3O3S/c1-3-18-23(21,22)13-7-6-12(2)14(10-13)15(20)19-16(11-17)8-4-5-9-16/h6-7,10,18H,3-5,8-9H2,1-2H3,(H,19,20). The summed E-state index contributed by atoms with van der Waals surface area (Å²) in [5.41, 5.74) is 0.120. The Kier molecular flexibility index (Phi) is 5.07. The van der Waals surface area contributed by atoms with Crippen molar-refractivity contribution in [3.8, 4) is 6.07 Å². The average Bonchev–Trinajstić information content (AvgIpc) is 2.96. The first-order valence-electron chi connectivity index (χ1n) is 7.68. The molecule has 2 rings (SSSR count). The number of sulfonamides is 1. The second-order valence-electron chi connectivity index (χ2n) is 5.83. The Balaban J connectivity index is 2.32. The van der Waals surface area contributed by atoms with Crippen LogP contribution in [0.1, 0.15) is 48.5 Å². The molecule has 0 aliphatic heterocycles. The number of nitrogens with one attached hydrogen (secondary N) is 2. The highest BCUT2D eigenvalue weighted by Gasteiger charge is 2.36. The van der Waals surface area contributed by atoms with E-state index >= 15 is 0 Å². The Hall–Kier alpha value is -1.91. The van der Waals surface area contributed by atoms with Gasteiger partial charge in [-0.25, -0.2) is 13.1 Å². The number of nitriles is 1. The zero-order chi connectivity index (χ0) is 17.1. The van der Waals surface area contributed by atoms with E-state index in [0.29, 0.717) is 18.4 Å². The van der Waals surface area contributed by atoms with Crippen molar-refractivity contribution in [2.45, 2.75) is 50.0 Å². The van der Waals surface area contributed by atoms with E-state index in [4.69, 9.17) is 0 Å². The first-order chi connectivity index (χ1) is 10.8. The maximum absolute atomic E-state index is 12.5. The van der Waals surface area contributed by atoms with Gasteiger partial charge in [0.05, 0.1) is 11.0 Å². The van der Waals surface area contributed by atoms with Crippen LogP contribution in [0.15, 0.2) is 23.1 Å². The van der Waals surface area contributed by atoms with Crippen LogP contribution in [0.3, 0.4) is 0 Å². The van der Waals surface area contributed by atoms with Crippen molar-refractivity contribution < 1.29 is 13.2 Å². The van der Waals surface area contributed by atoms with Gasteiger partial charge in [-0.15, -0.1) is 0 Å². The number of benzene rings is 1. The molecular weight excluding hydrogens is 314 g/mol. The largest absolute Gasteiger partial charge is 0.334 e. The predicted octanol–water partition coefficient (Wildman–Crippen LogP) is 1.86. The number of hydrogen-bond donors (Lipinski definition) is 2. The normalized spacial score (nSPS) is 16.7. The zero-order valence-corrected chi connectivity index (χ0v) is 14.2. The first kappa shape index (κ1) is 17.4. The minimum atomic E-state index is -3.63.